The number of hydrogen-bond donors (Lipinski definition) is 3. The van der Waals surface area contributed by atoms with E-state index in [4.69, 9.17) is 14.5 Å². The van der Waals surface area contributed by atoms with Gasteiger partial charge in [-0.1, -0.05) is 13.8 Å². The molecule has 0 saturated heterocycles. The van der Waals surface area contributed by atoms with E-state index in [1.54, 1.807) is 6.07 Å². The molecule has 1 aromatic carbocycles. The van der Waals surface area contributed by atoms with Gasteiger partial charge in [0.2, 0.25) is 0 Å². The van der Waals surface area contributed by atoms with Crippen molar-refractivity contribution >= 4 is 28.3 Å². The van der Waals surface area contributed by atoms with Crippen LogP contribution in [0, 0.1) is 19.3 Å². The summed E-state index contributed by atoms with van der Waals surface area (Å²) in [5, 5.41) is 3.41. The third-order valence-corrected chi connectivity index (χ3v) is 7.27. The van der Waals surface area contributed by atoms with Crippen molar-refractivity contribution in [2.45, 2.75) is 78.4 Å². The Balaban J connectivity index is 1.89. The van der Waals surface area contributed by atoms with Crippen LogP contribution >= 0.6 is 0 Å². The van der Waals surface area contributed by atoms with Crippen molar-refractivity contribution in [2.24, 2.45) is 11.1 Å². The molecule has 35 heavy (non-hydrogen) atoms. The van der Waals surface area contributed by atoms with E-state index in [9.17, 15) is 18.0 Å². The summed E-state index contributed by atoms with van der Waals surface area (Å²) >= 11 is 0. The van der Waals surface area contributed by atoms with E-state index in [-0.39, 0.29) is 11.5 Å². The molecule has 1 fully saturated rings. The largest absolute Gasteiger partial charge is 0.397 e. The fourth-order valence-electron chi connectivity index (χ4n) is 4.69. The number of benzene rings is 1. The highest BCUT2D eigenvalue weighted by Gasteiger charge is 2.27. The lowest BCUT2D eigenvalue weighted by molar-refractivity contribution is -0.109. The molecule has 0 bridgehead atoms. The zero-order valence-corrected chi connectivity index (χ0v) is 21.5. The number of aryl methyl sites for hydroxylation is 1. The number of nitrogens with two attached hydrogens (primary N) is 1. The van der Waals surface area contributed by atoms with Crippen LogP contribution in [-0.2, 0) is 25.8 Å². The minimum atomic E-state index is -4.48. The van der Waals surface area contributed by atoms with Gasteiger partial charge in [0.05, 0.1) is 11.7 Å². The summed E-state index contributed by atoms with van der Waals surface area (Å²) < 4.78 is 37.7. The molecule has 9 nitrogen and oxygen atoms in total. The normalized spacial score (nSPS) is 18.9. The second kappa shape index (κ2) is 10.5. The van der Waals surface area contributed by atoms with Gasteiger partial charge >= 0.3 is 10.4 Å². The van der Waals surface area contributed by atoms with Crippen molar-refractivity contribution < 1.29 is 26.7 Å². The summed E-state index contributed by atoms with van der Waals surface area (Å²) in [6.07, 6.45) is 5.73. The number of carbonyl (C=O) groups is 2. The van der Waals surface area contributed by atoms with Gasteiger partial charge in [-0.15, -0.1) is 0 Å². The molecule has 1 heterocycles. The van der Waals surface area contributed by atoms with Crippen LogP contribution in [0.15, 0.2) is 24.4 Å². The Kier molecular flexibility index (Phi) is 8.08. The molecule has 1 aromatic heterocycles. The van der Waals surface area contributed by atoms with E-state index >= 15 is 0 Å². The van der Waals surface area contributed by atoms with Crippen LogP contribution in [0.4, 0.5) is 5.69 Å². The molecule has 1 saturated carbocycles. The Labute approximate surface area is 207 Å². The minimum Gasteiger partial charge on any atom is -0.382 e. The van der Waals surface area contributed by atoms with E-state index in [1.807, 2.05) is 19.1 Å². The summed E-state index contributed by atoms with van der Waals surface area (Å²) in [6.45, 7) is 8.26. The lowest BCUT2D eigenvalue weighted by Crippen LogP contribution is -2.31. The Hall–Kier alpha value is -2.69. The van der Waals surface area contributed by atoms with Crippen LogP contribution in [0.5, 0.6) is 0 Å². The van der Waals surface area contributed by atoms with Crippen LogP contribution in [0.1, 0.15) is 73.1 Å². The van der Waals surface area contributed by atoms with Crippen LogP contribution in [0.2, 0.25) is 0 Å². The fraction of sp³-hybridized carbons (Fsp3) is 0.520. The number of nitrogens with one attached hydrogen (secondary N) is 1. The first-order chi connectivity index (χ1) is 16.3. The average molecular weight is 506 g/mol. The van der Waals surface area contributed by atoms with E-state index in [2.05, 4.69) is 36.9 Å². The van der Waals surface area contributed by atoms with E-state index < -0.39 is 22.4 Å². The predicted molar refractivity (Wildman–Crippen MR) is 134 cm³/mol. The molecule has 1 aliphatic rings. The Morgan fingerprint density at radius 1 is 1.26 bits per heavy atom. The van der Waals surface area contributed by atoms with Gasteiger partial charge < -0.3 is 20.4 Å². The second-order valence-corrected chi connectivity index (χ2v) is 11.2. The van der Waals surface area contributed by atoms with Crippen molar-refractivity contribution in [3.8, 4) is 5.69 Å². The van der Waals surface area contributed by atoms with Gasteiger partial charge in [0.1, 0.15) is 6.29 Å². The number of carbonyl (C=O) groups excluding carboxylic acids is 2. The predicted octanol–water partition coefficient (Wildman–Crippen LogP) is 3.89. The quantitative estimate of drug-likeness (QED) is 0.328. The zero-order chi connectivity index (χ0) is 26.0. The number of primary amides is 1. The topological polar surface area (TPSA) is 141 Å². The van der Waals surface area contributed by atoms with Crippen molar-refractivity contribution in [2.75, 3.05) is 5.32 Å². The van der Waals surface area contributed by atoms with Crippen LogP contribution in [0.3, 0.4) is 0 Å². The van der Waals surface area contributed by atoms with Crippen LogP contribution in [-0.4, -0.2) is 41.9 Å². The van der Waals surface area contributed by atoms with Gasteiger partial charge in [0.25, 0.3) is 5.91 Å². The lowest BCUT2D eigenvalue weighted by Gasteiger charge is -2.29. The first-order valence-corrected chi connectivity index (χ1v) is 13.1. The molecule has 0 atom stereocenters. The third-order valence-electron chi connectivity index (χ3n) is 6.76. The zero-order valence-electron chi connectivity index (χ0n) is 20.7. The lowest BCUT2D eigenvalue weighted by atomic mass is 9.84. The molecule has 2 aromatic rings. The molecule has 192 valence electrons. The number of aldehydes is 1. The Bertz CT molecular complexity index is 1190. The third kappa shape index (κ3) is 6.93. The number of hydrogen-bond acceptors (Lipinski definition) is 6. The number of rotatable bonds is 10. The second-order valence-electron chi connectivity index (χ2n) is 10.2. The van der Waals surface area contributed by atoms with Gasteiger partial charge in [0, 0.05) is 35.7 Å². The number of anilines is 1. The average Bonchev–Trinajstić information content (AvgIpc) is 3.02. The monoisotopic (exact) mass is 505 g/mol. The molecule has 3 rings (SSSR count). The highest BCUT2D eigenvalue weighted by atomic mass is 32.3. The number of nitrogens with zero attached hydrogens (tertiary/aromatic N) is 1. The smallest absolute Gasteiger partial charge is 0.382 e. The molecule has 0 aliphatic heterocycles. The summed E-state index contributed by atoms with van der Waals surface area (Å²) in [7, 11) is -4.48. The number of aromatic nitrogens is 1. The molecule has 0 spiro atoms. The first-order valence-electron chi connectivity index (χ1n) is 11.8. The SMILES string of the molecule is Cc1cn(-c2ccc(C(N)=O)c(NC3CCC(OS(=O)(=O)O)CC3)c2)c(CC(C)(C)CC=O)c1C. The summed E-state index contributed by atoms with van der Waals surface area (Å²) in [5.41, 5.74) is 10.7. The van der Waals surface area contributed by atoms with Gasteiger partial charge in [-0.25, -0.2) is 4.18 Å². The molecular formula is C25H35N3O6S. The minimum absolute atomic E-state index is 0.0104. The van der Waals surface area contributed by atoms with Crippen LogP contribution in [0.25, 0.3) is 5.69 Å². The van der Waals surface area contributed by atoms with Crippen molar-refractivity contribution in [3.05, 3.63) is 46.8 Å². The maximum atomic E-state index is 12.1. The standard InChI is InChI=1S/C25H35N3O6S/c1-16-15-28(23(17(16)2)14-25(3,4)11-12-29)19-7-10-21(24(26)30)22(13-19)27-18-5-8-20(9-6-18)34-35(31,32)33/h7,10,12-13,15,18,20,27H,5-6,8-9,11,14H2,1-4H3,(H2,26,30)(H,31,32,33). The first kappa shape index (κ1) is 26.9. The maximum Gasteiger partial charge on any atom is 0.397 e. The van der Waals surface area contributed by atoms with Gasteiger partial charge in [-0.3, -0.25) is 9.35 Å². The molecule has 1 aliphatic carbocycles. The summed E-state index contributed by atoms with van der Waals surface area (Å²) in [4.78, 5) is 23.3. The summed E-state index contributed by atoms with van der Waals surface area (Å²) in [5.74, 6) is -0.547. The Morgan fingerprint density at radius 3 is 2.49 bits per heavy atom. The van der Waals surface area contributed by atoms with E-state index in [0.29, 0.717) is 49.8 Å². The van der Waals surface area contributed by atoms with Crippen molar-refractivity contribution in [3.63, 3.8) is 0 Å². The van der Waals surface area contributed by atoms with Crippen LogP contribution < -0.4 is 11.1 Å². The summed E-state index contributed by atoms with van der Waals surface area (Å²) in [6, 6.07) is 5.45. The molecule has 10 heteroatoms. The molecular weight excluding hydrogens is 470 g/mol. The van der Waals surface area contributed by atoms with Crippen molar-refractivity contribution in [1.82, 2.24) is 4.57 Å². The highest BCUT2D eigenvalue weighted by Crippen LogP contribution is 2.32. The molecule has 1 amide bonds. The molecule has 0 unspecified atom stereocenters. The van der Waals surface area contributed by atoms with E-state index in [0.717, 1.165) is 28.8 Å². The highest BCUT2D eigenvalue weighted by molar-refractivity contribution is 7.80. The van der Waals surface area contributed by atoms with Gasteiger partial charge in [-0.05, 0) is 80.7 Å². The molecule has 0 radical (unpaired) electrons. The van der Waals surface area contributed by atoms with E-state index in [1.165, 1.54) is 0 Å². The van der Waals surface area contributed by atoms with Gasteiger partial charge in [0.15, 0.2) is 0 Å². The maximum absolute atomic E-state index is 12.1. The molecule has 4 N–H and O–H groups in total. The number of amides is 1. The van der Waals surface area contributed by atoms with Crippen molar-refractivity contribution in [1.29, 1.82) is 0 Å². The van der Waals surface area contributed by atoms with Gasteiger partial charge in [-0.2, -0.15) is 8.42 Å². The fourth-order valence-corrected chi connectivity index (χ4v) is 5.22. The Morgan fingerprint density at radius 2 is 1.91 bits per heavy atom.